The Morgan fingerprint density at radius 3 is 2.57 bits per heavy atom. The van der Waals surface area contributed by atoms with E-state index in [1.807, 2.05) is 6.92 Å². The predicted molar refractivity (Wildman–Crippen MR) is 34.4 cm³/mol. The summed E-state index contributed by atoms with van der Waals surface area (Å²) in [7, 11) is 0.704. The van der Waals surface area contributed by atoms with Crippen LogP contribution in [0.25, 0.3) is 0 Å². The fourth-order valence-electron chi connectivity index (χ4n) is 0.220. The summed E-state index contributed by atoms with van der Waals surface area (Å²) in [6.07, 6.45) is 0.988. The smallest absolute Gasteiger partial charge is 0.242 e. The van der Waals surface area contributed by atoms with Crippen molar-refractivity contribution in [1.82, 2.24) is 0 Å². The second kappa shape index (κ2) is 3.86. The van der Waals surface area contributed by atoms with Gasteiger partial charge in [-0.25, -0.2) is 0 Å². The first-order valence-corrected chi connectivity index (χ1v) is 3.19. The third-order valence-electron chi connectivity index (χ3n) is 0.759. The first-order valence-electron chi connectivity index (χ1n) is 2.38. The molecule has 0 saturated carbocycles. The van der Waals surface area contributed by atoms with Crippen LogP contribution >= 0.6 is 0 Å². The Kier molecular flexibility index (Phi) is 3.69. The molecule has 0 aliphatic heterocycles. The van der Waals surface area contributed by atoms with Crippen molar-refractivity contribution in [2.24, 2.45) is 5.16 Å². The number of nitrogens with zero attached hydrogens (tertiary/aromatic N) is 1. The first-order chi connectivity index (χ1) is 3.31. The molecule has 0 heterocycles. The van der Waals surface area contributed by atoms with Crippen LogP contribution in [0.15, 0.2) is 5.16 Å². The Balaban J connectivity index is 3.29. The lowest BCUT2D eigenvalue weighted by molar-refractivity contribution is 0.376. The average Bonchev–Trinajstić information content (AvgIpc) is 1.68. The maximum atomic E-state index is 4.62. The molecule has 0 aromatic carbocycles. The molecule has 0 atom stereocenters. The third-order valence-corrected chi connectivity index (χ3v) is 0.941. The topological polar surface area (TPSA) is 21.6 Å². The first kappa shape index (κ1) is 6.69. The molecular weight excluding hydrogens is 106 g/mol. The lowest BCUT2D eigenvalue weighted by Gasteiger charge is -1.90. The molecule has 0 fully saturated rings. The Labute approximate surface area is 47.1 Å². The molecule has 0 aromatic rings. The van der Waals surface area contributed by atoms with Crippen molar-refractivity contribution in [3.63, 3.8) is 0 Å². The van der Waals surface area contributed by atoms with Crippen LogP contribution in [0.2, 0.25) is 0 Å². The molecular formula is C4H11NOSi. The number of oxime groups is 1. The van der Waals surface area contributed by atoms with Crippen molar-refractivity contribution < 1.29 is 4.53 Å². The van der Waals surface area contributed by atoms with Crippen molar-refractivity contribution in [3.8, 4) is 0 Å². The van der Waals surface area contributed by atoms with E-state index in [-0.39, 0.29) is 0 Å². The monoisotopic (exact) mass is 117 g/mol. The Morgan fingerprint density at radius 2 is 2.43 bits per heavy atom. The second-order valence-corrected chi connectivity index (χ2v) is 1.73. The lowest BCUT2D eigenvalue weighted by Crippen LogP contribution is -1.87. The molecule has 0 amide bonds. The van der Waals surface area contributed by atoms with Crippen molar-refractivity contribution in [2.45, 2.75) is 20.3 Å². The quantitative estimate of drug-likeness (QED) is 0.285. The highest BCUT2D eigenvalue weighted by atomic mass is 28.2. The fourth-order valence-corrected chi connectivity index (χ4v) is 0.532. The highest BCUT2D eigenvalue weighted by Crippen LogP contribution is 1.81. The summed E-state index contributed by atoms with van der Waals surface area (Å²) < 4.78 is 4.62. The number of rotatable bonds is 2. The third kappa shape index (κ3) is 3.52. The van der Waals surface area contributed by atoms with E-state index in [9.17, 15) is 0 Å². The zero-order valence-electron chi connectivity index (χ0n) is 5.06. The molecule has 2 nitrogen and oxygen atoms in total. The van der Waals surface area contributed by atoms with E-state index in [0.717, 1.165) is 12.1 Å². The molecule has 7 heavy (non-hydrogen) atoms. The van der Waals surface area contributed by atoms with Crippen LogP contribution < -0.4 is 0 Å². The standard InChI is InChI=1S/C4H11NOSi/c1-3-4(2)5-6-7/h3H2,1-2,7H3/b5-4-. The van der Waals surface area contributed by atoms with Crippen molar-refractivity contribution in [2.75, 3.05) is 0 Å². The van der Waals surface area contributed by atoms with Crippen molar-refractivity contribution in [3.05, 3.63) is 0 Å². The van der Waals surface area contributed by atoms with Crippen LogP contribution in [-0.2, 0) is 4.53 Å². The highest BCUT2D eigenvalue weighted by molar-refractivity contribution is 5.98. The maximum Gasteiger partial charge on any atom is 0.242 e. The van der Waals surface area contributed by atoms with E-state index < -0.39 is 0 Å². The van der Waals surface area contributed by atoms with Crippen LogP contribution in [-0.4, -0.2) is 16.2 Å². The van der Waals surface area contributed by atoms with E-state index in [1.165, 1.54) is 0 Å². The van der Waals surface area contributed by atoms with Crippen molar-refractivity contribution in [1.29, 1.82) is 0 Å². The average molecular weight is 117 g/mol. The number of hydrogen-bond donors (Lipinski definition) is 0. The number of hydrogen-bond acceptors (Lipinski definition) is 2. The molecule has 0 saturated heterocycles. The zero-order valence-corrected chi connectivity index (χ0v) is 7.06. The van der Waals surface area contributed by atoms with Gasteiger partial charge in [-0.1, -0.05) is 6.92 Å². The highest BCUT2D eigenvalue weighted by Gasteiger charge is 1.79. The molecule has 42 valence electrons. The largest absolute Gasteiger partial charge is 0.467 e. The summed E-state index contributed by atoms with van der Waals surface area (Å²) in [5.74, 6) is 0. The van der Waals surface area contributed by atoms with E-state index >= 15 is 0 Å². The molecule has 0 rings (SSSR count). The lowest BCUT2D eigenvalue weighted by atomic mass is 10.3. The Morgan fingerprint density at radius 1 is 1.86 bits per heavy atom. The maximum absolute atomic E-state index is 4.62. The summed E-state index contributed by atoms with van der Waals surface area (Å²) in [5, 5.41) is 3.72. The van der Waals surface area contributed by atoms with Gasteiger partial charge in [0.15, 0.2) is 0 Å². The van der Waals surface area contributed by atoms with Gasteiger partial charge in [0.2, 0.25) is 10.5 Å². The van der Waals surface area contributed by atoms with Crippen LogP contribution in [0.3, 0.4) is 0 Å². The summed E-state index contributed by atoms with van der Waals surface area (Å²) in [5.41, 5.74) is 1.06. The van der Waals surface area contributed by atoms with Gasteiger partial charge in [0.25, 0.3) is 0 Å². The van der Waals surface area contributed by atoms with Gasteiger partial charge in [-0.3, -0.25) is 0 Å². The van der Waals surface area contributed by atoms with Gasteiger partial charge >= 0.3 is 0 Å². The minimum Gasteiger partial charge on any atom is -0.467 e. The van der Waals surface area contributed by atoms with Gasteiger partial charge in [0.1, 0.15) is 0 Å². The minimum absolute atomic E-state index is 0.704. The van der Waals surface area contributed by atoms with Gasteiger partial charge in [-0.05, 0) is 13.3 Å². The Bertz CT molecular complexity index is 72.1. The van der Waals surface area contributed by atoms with Gasteiger partial charge in [0, 0.05) is 0 Å². The van der Waals surface area contributed by atoms with Crippen LogP contribution in [0.1, 0.15) is 20.3 Å². The van der Waals surface area contributed by atoms with Gasteiger partial charge in [0.05, 0.1) is 5.71 Å². The van der Waals surface area contributed by atoms with Crippen LogP contribution in [0.4, 0.5) is 0 Å². The van der Waals surface area contributed by atoms with E-state index in [0.29, 0.717) is 10.5 Å². The molecule has 0 radical (unpaired) electrons. The summed E-state index contributed by atoms with van der Waals surface area (Å²) in [6, 6.07) is 0. The molecule has 0 aliphatic rings. The van der Waals surface area contributed by atoms with Crippen LogP contribution in [0, 0.1) is 0 Å². The van der Waals surface area contributed by atoms with E-state index in [1.54, 1.807) is 0 Å². The van der Waals surface area contributed by atoms with Gasteiger partial charge in [-0.2, -0.15) is 0 Å². The van der Waals surface area contributed by atoms with Gasteiger partial charge in [-0.15, -0.1) is 5.16 Å². The predicted octanol–water partition coefficient (Wildman–Crippen LogP) is 0.0693. The van der Waals surface area contributed by atoms with Crippen LogP contribution in [0.5, 0.6) is 0 Å². The summed E-state index contributed by atoms with van der Waals surface area (Å²) in [6.45, 7) is 4.01. The van der Waals surface area contributed by atoms with E-state index in [4.69, 9.17) is 0 Å². The molecule has 0 spiro atoms. The van der Waals surface area contributed by atoms with Gasteiger partial charge < -0.3 is 4.53 Å². The molecule has 0 unspecified atom stereocenters. The molecule has 0 aromatic heterocycles. The summed E-state index contributed by atoms with van der Waals surface area (Å²) in [4.78, 5) is 0. The van der Waals surface area contributed by atoms with Crippen molar-refractivity contribution >= 4 is 16.2 Å². The molecule has 0 bridgehead atoms. The SMILES string of the molecule is CC/C(C)=N\O[SiH3]. The molecule has 3 heteroatoms. The second-order valence-electron chi connectivity index (χ2n) is 1.36. The molecule has 0 N–H and O–H groups in total. The Hall–Kier alpha value is -0.313. The zero-order chi connectivity index (χ0) is 5.70. The normalized spacial score (nSPS) is 12.0. The fraction of sp³-hybridized carbons (Fsp3) is 0.750. The minimum atomic E-state index is 0.704. The molecule has 0 aliphatic carbocycles. The van der Waals surface area contributed by atoms with E-state index in [2.05, 4.69) is 16.6 Å². The summed E-state index contributed by atoms with van der Waals surface area (Å²) >= 11 is 0.